The van der Waals surface area contributed by atoms with E-state index in [9.17, 15) is 4.79 Å². The number of hydrogen-bond donors (Lipinski definition) is 0. The van der Waals surface area contributed by atoms with Crippen LogP contribution in [0, 0.1) is 0 Å². The van der Waals surface area contributed by atoms with Gasteiger partial charge < -0.3 is 4.90 Å². The Bertz CT molecular complexity index is 624. The molecule has 2 nitrogen and oxygen atoms in total. The summed E-state index contributed by atoms with van der Waals surface area (Å²) in [6.45, 7) is 4.91. The van der Waals surface area contributed by atoms with Crippen molar-refractivity contribution in [2.24, 2.45) is 0 Å². The Balaban J connectivity index is 2.15. The van der Waals surface area contributed by atoms with Crippen molar-refractivity contribution < 1.29 is 4.79 Å². The molecule has 0 unspecified atom stereocenters. The number of amides is 1. The Kier molecular flexibility index (Phi) is 5.90. The first-order valence-corrected chi connectivity index (χ1v) is 9.21. The quantitative estimate of drug-likeness (QED) is 0.654. The third-order valence-corrected chi connectivity index (χ3v) is 5.54. The summed E-state index contributed by atoms with van der Waals surface area (Å²) in [7, 11) is 1.85. The number of carbonyl (C=O) groups excluding carboxylic acids is 1. The number of benzene rings is 1. The zero-order valence-corrected chi connectivity index (χ0v) is 15.5. The monoisotopic (exact) mass is 383 g/mol. The molecule has 5 heteroatoms. The van der Waals surface area contributed by atoms with Crippen molar-refractivity contribution in [1.82, 2.24) is 4.90 Å². The largest absolute Gasteiger partial charge is 0.337 e. The summed E-state index contributed by atoms with van der Waals surface area (Å²) >= 11 is 6.84. The molecule has 2 rings (SSSR count). The van der Waals surface area contributed by atoms with Gasteiger partial charge in [-0.05, 0) is 40.2 Å². The molecule has 0 aliphatic carbocycles. The van der Waals surface area contributed by atoms with E-state index >= 15 is 0 Å². The van der Waals surface area contributed by atoms with E-state index in [-0.39, 0.29) is 5.91 Å². The normalized spacial score (nSPS) is 10.9. The highest BCUT2D eigenvalue weighted by Crippen LogP contribution is 2.28. The van der Waals surface area contributed by atoms with Crippen molar-refractivity contribution in [3.63, 3.8) is 0 Å². The SMILES string of the molecule is CC(C)Sc1ccccc1C(=O)N(C)Cc1ccc(Br)s1. The average molecular weight is 384 g/mol. The maximum atomic E-state index is 12.7. The maximum Gasteiger partial charge on any atom is 0.255 e. The lowest BCUT2D eigenvalue weighted by Gasteiger charge is -2.18. The molecule has 1 amide bonds. The summed E-state index contributed by atoms with van der Waals surface area (Å²) < 4.78 is 1.09. The van der Waals surface area contributed by atoms with Crippen LogP contribution < -0.4 is 0 Å². The molecule has 1 aromatic heterocycles. The highest BCUT2D eigenvalue weighted by Gasteiger charge is 2.17. The van der Waals surface area contributed by atoms with Crippen LogP contribution in [0.4, 0.5) is 0 Å². The molecule has 1 aromatic carbocycles. The number of halogens is 1. The minimum atomic E-state index is 0.0725. The summed E-state index contributed by atoms with van der Waals surface area (Å²) in [4.78, 5) is 16.7. The predicted molar refractivity (Wildman–Crippen MR) is 95.3 cm³/mol. The van der Waals surface area contributed by atoms with Gasteiger partial charge in [0.15, 0.2) is 0 Å². The van der Waals surface area contributed by atoms with Crippen LogP contribution in [0.2, 0.25) is 0 Å². The molecular weight excluding hydrogens is 366 g/mol. The van der Waals surface area contributed by atoms with Gasteiger partial charge in [0.25, 0.3) is 5.91 Å². The van der Waals surface area contributed by atoms with Gasteiger partial charge >= 0.3 is 0 Å². The topological polar surface area (TPSA) is 20.3 Å². The van der Waals surface area contributed by atoms with Crippen molar-refractivity contribution >= 4 is 44.9 Å². The van der Waals surface area contributed by atoms with Crippen LogP contribution >= 0.6 is 39.0 Å². The van der Waals surface area contributed by atoms with Crippen LogP contribution in [-0.2, 0) is 6.54 Å². The lowest BCUT2D eigenvalue weighted by atomic mass is 10.2. The van der Waals surface area contributed by atoms with Crippen molar-refractivity contribution in [3.8, 4) is 0 Å². The fourth-order valence-corrected chi connectivity index (χ4v) is 4.43. The standard InChI is InChI=1S/C16H18BrNOS2/c1-11(2)20-14-7-5-4-6-13(14)16(19)18(3)10-12-8-9-15(17)21-12/h4-9,11H,10H2,1-3H3. The number of thiophene rings is 1. The minimum Gasteiger partial charge on any atom is -0.337 e. The maximum absolute atomic E-state index is 12.7. The molecule has 2 aromatic rings. The fraction of sp³-hybridized carbons (Fsp3) is 0.312. The van der Waals surface area contributed by atoms with Gasteiger partial charge in [-0.3, -0.25) is 4.79 Å². The molecule has 0 fully saturated rings. The molecule has 0 radical (unpaired) electrons. The molecule has 0 N–H and O–H groups in total. The van der Waals surface area contributed by atoms with Crippen LogP contribution in [0.25, 0.3) is 0 Å². The lowest BCUT2D eigenvalue weighted by Crippen LogP contribution is -2.26. The second-order valence-electron chi connectivity index (χ2n) is 5.03. The zero-order valence-electron chi connectivity index (χ0n) is 12.3. The van der Waals surface area contributed by atoms with E-state index in [0.717, 1.165) is 14.2 Å². The van der Waals surface area contributed by atoms with Crippen molar-refractivity contribution in [2.75, 3.05) is 7.05 Å². The van der Waals surface area contributed by atoms with Gasteiger partial charge in [-0.2, -0.15) is 0 Å². The Labute approximate surface area is 142 Å². The van der Waals surface area contributed by atoms with Crippen LogP contribution in [0.1, 0.15) is 29.1 Å². The third-order valence-electron chi connectivity index (χ3n) is 2.85. The Morgan fingerprint density at radius 1 is 1.29 bits per heavy atom. The fourth-order valence-electron chi connectivity index (χ4n) is 1.95. The second kappa shape index (κ2) is 7.47. The molecule has 112 valence electrons. The van der Waals surface area contributed by atoms with Gasteiger partial charge in [0.2, 0.25) is 0 Å². The van der Waals surface area contributed by atoms with Crippen molar-refractivity contribution in [1.29, 1.82) is 0 Å². The summed E-state index contributed by atoms with van der Waals surface area (Å²) in [5.41, 5.74) is 0.786. The molecule has 0 saturated heterocycles. The third kappa shape index (κ3) is 4.59. The van der Waals surface area contributed by atoms with E-state index in [0.29, 0.717) is 11.8 Å². The van der Waals surface area contributed by atoms with Crippen LogP contribution in [0.15, 0.2) is 45.1 Å². The molecule has 1 heterocycles. The molecule has 0 aliphatic rings. The van der Waals surface area contributed by atoms with Gasteiger partial charge in [0.05, 0.1) is 15.9 Å². The highest BCUT2D eigenvalue weighted by molar-refractivity contribution is 9.11. The molecule has 0 spiro atoms. The number of rotatable bonds is 5. The first-order valence-electron chi connectivity index (χ1n) is 6.72. The Morgan fingerprint density at radius 3 is 2.62 bits per heavy atom. The van der Waals surface area contributed by atoms with E-state index in [4.69, 9.17) is 0 Å². The van der Waals surface area contributed by atoms with Crippen molar-refractivity contribution in [3.05, 3.63) is 50.6 Å². The zero-order chi connectivity index (χ0) is 15.4. The predicted octanol–water partition coefficient (Wildman–Crippen LogP) is 5.28. The van der Waals surface area contributed by atoms with Crippen molar-refractivity contribution in [2.45, 2.75) is 30.5 Å². The lowest BCUT2D eigenvalue weighted by molar-refractivity contribution is 0.0783. The van der Waals surface area contributed by atoms with E-state index in [2.05, 4.69) is 29.8 Å². The Hall–Kier alpha value is -0.780. The van der Waals surface area contributed by atoms with Crippen LogP contribution in [0.3, 0.4) is 0 Å². The Morgan fingerprint density at radius 2 is 2.00 bits per heavy atom. The smallest absolute Gasteiger partial charge is 0.255 e. The second-order valence-corrected chi connectivity index (χ2v) is 9.20. The minimum absolute atomic E-state index is 0.0725. The molecular formula is C16H18BrNOS2. The van der Waals surface area contributed by atoms with Gasteiger partial charge in [-0.15, -0.1) is 23.1 Å². The summed E-state index contributed by atoms with van der Waals surface area (Å²) in [5, 5.41) is 0.456. The number of nitrogens with zero attached hydrogens (tertiary/aromatic N) is 1. The van der Waals surface area contributed by atoms with E-state index in [1.807, 2.05) is 43.4 Å². The summed E-state index contributed by atoms with van der Waals surface area (Å²) in [6.07, 6.45) is 0. The number of carbonyl (C=O) groups is 1. The average Bonchev–Trinajstić information content (AvgIpc) is 2.83. The van der Waals surface area contributed by atoms with E-state index < -0.39 is 0 Å². The molecule has 21 heavy (non-hydrogen) atoms. The van der Waals surface area contributed by atoms with Gasteiger partial charge in [-0.1, -0.05) is 26.0 Å². The molecule has 0 saturated carbocycles. The van der Waals surface area contributed by atoms with Crippen LogP contribution in [-0.4, -0.2) is 23.1 Å². The van der Waals surface area contributed by atoms with Gasteiger partial charge in [0.1, 0.15) is 0 Å². The van der Waals surface area contributed by atoms with Crippen LogP contribution in [0.5, 0.6) is 0 Å². The number of thioether (sulfide) groups is 1. The van der Waals surface area contributed by atoms with E-state index in [1.165, 1.54) is 4.88 Å². The van der Waals surface area contributed by atoms with Gasteiger partial charge in [0, 0.05) is 22.1 Å². The number of hydrogen-bond acceptors (Lipinski definition) is 3. The first kappa shape index (κ1) is 16.6. The highest BCUT2D eigenvalue weighted by atomic mass is 79.9. The summed E-state index contributed by atoms with van der Waals surface area (Å²) in [5.74, 6) is 0.0725. The van der Waals surface area contributed by atoms with E-state index in [1.54, 1.807) is 28.0 Å². The van der Waals surface area contributed by atoms with Gasteiger partial charge in [-0.25, -0.2) is 0 Å². The molecule has 0 bridgehead atoms. The first-order chi connectivity index (χ1) is 9.97. The molecule has 0 atom stereocenters. The molecule has 0 aliphatic heterocycles. The summed E-state index contributed by atoms with van der Waals surface area (Å²) in [6, 6.07) is 11.9.